The Morgan fingerprint density at radius 1 is 1.48 bits per heavy atom. The fourth-order valence-electron chi connectivity index (χ4n) is 1.61. The quantitative estimate of drug-likeness (QED) is 0.769. The molecule has 1 heterocycles. The Kier molecular flexibility index (Phi) is 5.68. The summed E-state index contributed by atoms with van der Waals surface area (Å²) >= 11 is 1.23. The van der Waals surface area contributed by atoms with Gasteiger partial charge >= 0.3 is 12.1 Å². The number of carboxylic acids is 1. The minimum Gasteiger partial charge on any atom is -0.481 e. The molecule has 0 saturated carbocycles. The van der Waals surface area contributed by atoms with Crippen LogP contribution in [0.4, 0.5) is 9.93 Å². The van der Waals surface area contributed by atoms with Gasteiger partial charge in [0, 0.05) is 17.3 Å². The van der Waals surface area contributed by atoms with Gasteiger partial charge in [0.05, 0.1) is 5.69 Å². The Bertz CT molecular complexity index is 522. The van der Waals surface area contributed by atoms with Crippen molar-refractivity contribution in [2.24, 2.45) is 5.73 Å². The molecule has 0 fully saturated rings. The molecule has 21 heavy (non-hydrogen) atoms. The van der Waals surface area contributed by atoms with Crippen LogP contribution in [0.25, 0.3) is 0 Å². The van der Waals surface area contributed by atoms with Crippen LogP contribution in [0, 0.1) is 6.92 Å². The molecule has 8 heteroatoms. The van der Waals surface area contributed by atoms with E-state index >= 15 is 0 Å². The molecule has 1 amide bonds. The second-order valence-electron chi connectivity index (χ2n) is 5.63. The Morgan fingerprint density at radius 2 is 2.10 bits per heavy atom. The normalized spacial score (nSPS) is 12.8. The van der Waals surface area contributed by atoms with Crippen molar-refractivity contribution < 1.29 is 19.4 Å². The van der Waals surface area contributed by atoms with E-state index in [1.807, 2.05) is 0 Å². The number of nitrogens with one attached hydrogen (secondary N) is 1. The second-order valence-corrected chi connectivity index (χ2v) is 6.67. The Labute approximate surface area is 127 Å². The molecule has 0 radical (unpaired) electrons. The van der Waals surface area contributed by atoms with Crippen LogP contribution < -0.4 is 11.1 Å². The summed E-state index contributed by atoms with van der Waals surface area (Å²) in [6, 6.07) is -0.409. The summed E-state index contributed by atoms with van der Waals surface area (Å²) in [6.45, 7) is 7.08. The summed E-state index contributed by atoms with van der Waals surface area (Å²) in [7, 11) is 0. The molecule has 0 bridgehead atoms. The SMILES string of the molecule is Cc1nc(NC(=O)OC(C)(C)C)sc1C(N)CCC(=O)O. The van der Waals surface area contributed by atoms with Crippen LogP contribution in [0.3, 0.4) is 0 Å². The number of thiazole rings is 1. The number of rotatable bonds is 5. The Morgan fingerprint density at radius 3 is 2.62 bits per heavy atom. The number of anilines is 1. The molecule has 0 spiro atoms. The molecular weight excluding hydrogens is 294 g/mol. The highest BCUT2D eigenvalue weighted by atomic mass is 32.1. The second kappa shape index (κ2) is 6.86. The lowest BCUT2D eigenvalue weighted by molar-refractivity contribution is -0.137. The van der Waals surface area contributed by atoms with Crippen molar-refractivity contribution in [3.8, 4) is 0 Å². The van der Waals surface area contributed by atoms with E-state index in [0.717, 1.165) is 4.88 Å². The van der Waals surface area contributed by atoms with Crippen LogP contribution >= 0.6 is 11.3 Å². The topological polar surface area (TPSA) is 115 Å². The van der Waals surface area contributed by atoms with Gasteiger partial charge in [0.2, 0.25) is 0 Å². The van der Waals surface area contributed by atoms with Gasteiger partial charge in [0.15, 0.2) is 5.13 Å². The highest BCUT2D eigenvalue weighted by Crippen LogP contribution is 2.29. The Balaban J connectivity index is 2.69. The third kappa shape index (κ3) is 6.09. The van der Waals surface area contributed by atoms with E-state index in [-0.39, 0.29) is 6.42 Å². The molecule has 1 atom stereocenters. The zero-order chi connectivity index (χ0) is 16.2. The highest BCUT2D eigenvalue weighted by molar-refractivity contribution is 7.16. The first-order valence-electron chi connectivity index (χ1n) is 6.53. The predicted molar refractivity (Wildman–Crippen MR) is 80.5 cm³/mol. The van der Waals surface area contributed by atoms with Crippen LogP contribution in [0.15, 0.2) is 0 Å². The van der Waals surface area contributed by atoms with Crippen molar-refractivity contribution in [1.29, 1.82) is 0 Å². The van der Waals surface area contributed by atoms with E-state index in [0.29, 0.717) is 17.2 Å². The van der Waals surface area contributed by atoms with E-state index in [2.05, 4.69) is 10.3 Å². The fraction of sp³-hybridized carbons (Fsp3) is 0.615. The smallest absolute Gasteiger partial charge is 0.413 e. The van der Waals surface area contributed by atoms with Crippen LogP contribution in [0.2, 0.25) is 0 Å². The summed E-state index contributed by atoms with van der Waals surface area (Å²) < 4.78 is 5.14. The number of carboxylic acid groups (broad SMARTS) is 1. The predicted octanol–water partition coefficient (Wildman–Crippen LogP) is 2.66. The van der Waals surface area contributed by atoms with Crippen molar-refractivity contribution in [2.45, 2.75) is 52.2 Å². The largest absolute Gasteiger partial charge is 0.481 e. The minimum absolute atomic E-state index is 0.00661. The lowest BCUT2D eigenvalue weighted by atomic mass is 10.1. The molecule has 1 aromatic rings. The van der Waals surface area contributed by atoms with Crippen molar-refractivity contribution in [2.75, 3.05) is 5.32 Å². The number of carbonyl (C=O) groups is 2. The zero-order valence-corrected chi connectivity index (χ0v) is 13.4. The van der Waals surface area contributed by atoms with Gasteiger partial charge in [-0.3, -0.25) is 10.1 Å². The number of ether oxygens (including phenoxy) is 1. The molecular formula is C13H21N3O4S. The van der Waals surface area contributed by atoms with E-state index in [1.165, 1.54) is 11.3 Å². The third-order valence-corrected chi connectivity index (χ3v) is 3.65. The van der Waals surface area contributed by atoms with Crippen molar-refractivity contribution in [3.63, 3.8) is 0 Å². The maximum Gasteiger partial charge on any atom is 0.413 e. The van der Waals surface area contributed by atoms with Crippen LogP contribution in [-0.4, -0.2) is 27.8 Å². The first-order valence-corrected chi connectivity index (χ1v) is 7.35. The van der Waals surface area contributed by atoms with Crippen molar-refractivity contribution in [1.82, 2.24) is 4.98 Å². The average molecular weight is 315 g/mol. The maximum absolute atomic E-state index is 11.7. The van der Waals surface area contributed by atoms with Gasteiger partial charge in [-0.25, -0.2) is 9.78 Å². The number of aryl methyl sites for hydroxylation is 1. The molecule has 7 nitrogen and oxygen atoms in total. The lowest BCUT2D eigenvalue weighted by Gasteiger charge is -2.18. The monoisotopic (exact) mass is 315 g/mol. The van der Waals surface area contributed by atoms with Gasteiger partial charge in [0.1, 0.15) is 5.60 Å². The molecule has 0 saturated heterocycles. The van der Waals surface area contributed by atoms with Crippen molar-refractivity contribution >= 4 is 28.5 Å². The van der Waals surface area contributed by atoms with E-state index in [1.54, 1.807) is 27.7 Å². The average Bonchev–Trinajstić information content (AvgIpc) is 2.64. The number of aromatic nitrogens is 1. The summed E-state index contributed by atoms with van der Waals surface area (Å²) in [6.07, 6.45) is -0.265. The first kappa shape index (κ1) is 17.4. The molecule has 0 aliphatic heterocycles. The Hall–Kier alpha value is -1.67. The van der Waals surface area contributed by atoms with E-state index in [4.69, 9.17) is 15.6 Å². The molecule has 0 aliphatic rings. The number of carbonyl (C=O) groups excluding carboxylic acids is 1. The van der Waals surface area contributed by atoms with Gasteiger partial charge in [-0.1, -0.05) is 11.3 Å². The summed E-state index contributed by atoms with van der Waals surface area (Å²) in [4.78, 5) is 27.2. The molecule has 1 rings (SSSR count). The lowest BCUT2D eigenvalue weighted by Crippen LogP contribution is -2.27. The molecule has 118 valence electrons. The van der Waals surface area contributed by atoms with E-state index < -0.39 is 23.7 Å². The standard InChI is InChI=1S/C13H21N3O4S/c1-7-10(8(14)5-6-9(17)18)21-11(15-7)16-12(19)20-13(2,3)4/h8H,5-6,14H2,1-4H3,(H,17,18)(H,15,16,19). The number of hydrogen-bond donors (Lipinski definition) is 3. The summed E-state index contributed by atoms with van der Waals surface area (Å²) in [5, 5.41) is 11.6. The molecule has 1 unspecified atom stereocenters. The molecule has 4 N–H and O–H groups in total. The van der Waals surface area contributed by atoms with Crippen molar-refractivity contribution in [3.05, 3.63) is 10.6 Å². The minimum atomic E-state index is -0.889. The number of nitrogens with two attached hydrogens (primary N) is 1. The molecule has 0 aliphatic carbocycles. The van der Waals surface area contributed by atoms with Gasteiger partial charge in [-0.2, -0.15) is 0 Å². The zero-order valence-electron chi connectivity index (χ0n) is 12.6. The summed E-state index contributed by atoms with van der Waals surface area (Å²) in [5.74, 6) is -0.889. The van der Waals surface area contributed by atoms with Crippen LogP contribution in [0.5, 0.6) is 0 Å². The number of aliphatic carboxylic acids is 1. The van der Waals surface area contributed by atoms with Gasteiger partial charge in [-0.05, 0) is 34.1 Å². The number of hydrogen-bond acceptors (Lipinski definition) is 6. The number of amides is 1. The number of nitrogens with zero attached hydrogens (tertiary/aromatic N) is 1. The van der Waals surface area contributed by atoms with Gasteiger partial charge in [0.25, 0.3) is 0 Å². The first-order chi connectivity index (χ1) is 9.58. The maximum atomic E-state index is 11.7. The van der Waals surface area contributed by atoms with Crippen LogP contribution in [-0.2, 0) is 9.53 Å². The van der Waals surface area contributed by atoms with Gasteiger partial charge < -0.3 is 15.6 Å². The van der Waals surface area contributed by atoms with Gasteiger partial charge in [-0.15, -0.1) is 0 Å². The molecule has 0 aromatic carbocycles. The third-order valence-electron chi connectivity index (χ3n) is 2.45. The van der Waals surface area contributed by atoms with E-state index in [9.17, 15) is 9.59 Å². The molecule has 1 aromatic heterocycles. The fourth-order valence-corrected chi connectivity index (χ4v) is 2.59. The van der Waals surface area contributed by atoms with Crippen LogP contribution in [0.1, 0.15) is 50.2 Å². The highest BCUT2D eigenvalue weighted by Gasteiger charge is 2.20. The summed E-state index contributed by atoms with van der Waals surface area (Å²) in [5.41, 5.74) is 6.05.